The van der Waals surface area contributed by atoms with Crippen molar-refractivity contribution in [2.24, 2.45) is 4.99 Å². The number of halogens is 1. The molecule has 0 spiro atoms. The molecule has 3 rings (SSSR count). The number of hydrogen-bond donors (Lipinski definition) is 2. The Kier molecular flexibility index (Phi) is 7.33. The van der Waals surface area contributed by atoms with Crippen molar-refractivity contribution in [3.05, 3.63) is 29.8 Å². The topological polar surface area (TPSA) is 56.7 Å². The van der Waals surface area contributed by atoms with Crippen molar-refractivity contribution in [1.29, 1.82) is 0 Å². The first-order valence-corrected chi connectivity index (χ1v) is 8.63. The molecule has 2 N–H and O–H groups in total. The number of hydrogen-bond acceptors (Lipinski definition) is 2. The first-order chi connectivity index (χ1) is 11.3. The fourth-order valence-electron chi connectivity index (χ4n) is 3.51. The number of guanidine groups is 1. The van der Waals surface area contributed by atoms with Crippen LogP contribution in [0.3, 0.4) is 0 Å². The van der Waals surface area contributed by atoms with Crippen LogP contribution in [0, 0.1) is 0 Å². The summed E-state index contributed by atoms with van der Waals surface area (Å²) in [6.45, 7) is 1.08. The molecular weight excluding hydrogens is 415 g/mol. The molecule has 132 valence electrons. The van der Waals surface area contributed by atoms with E-state index in [9.17, 15) is 4.79 Å². The smallest absolute Gasteiger partial charge is 0.246 e. The van der Waals surface area contributed by atoms with Gasteiger partial charge >= 0.3 is 0 Å². The van der Waals surface area contributed by atoms with Gasteiger partial charge in [-0.15, -0.1) is 24.0 Å². The van der Waals surface area contributed by atoms with Crippen LogP contribution in [-0.2, 0) is 11.2 Å². The standard InChI is InChI=1S/C18H26N4O.HI/c1-19-18(21-15-9-3-4-10-15)20-13-17(23)22-12-6-8-14-7-2-5-11-16(14)22;/h2,5,7,11,15H,3-4,6,8-10,12-13H2,1H3,(H2,19,20,21);1H. The van der Waals surface area contributed by atoms with Gasteiger partial charge in [-0.3, -0.25) is 9.79 Å². The number of fused-ring (bicyclic) bond motifs is 1. The molecule has 1 aliphatic carbocycles. The second-order valence-electron chi connectivity index (χ2n) is 6.33. The van der Waals surface area contributed by atoms with Crippen molar-refractivity contribution in [3.8, 4) is 0 Å². The molecular formula is C18H27IN4O. The number of aryl methyl sites for hydroxylation is 1. The number of benzene rings is 1. The summed E-state index contributed by atoms with van der Waals surface area (Å²) in [6, 6.07) is 8.68. The SMILES string of the molecule is CN=C(NCC(=O)N1CCCc2ccccc21)NC1CCCC1.I. The molecule has 1 aliphatic heterocycles. The van der Waals surface area contributed by atoms with Crippen LogP contribution in [0.15, 0.2) is 29.3 Å². The highest BCUT2D eigenvalue weighted by Gasteiger charge is 2.22. The lowest BCUT2D eigenvalue weighted by Gasteiger charge is -2.29. The molecule has 0 bridgehead atoms. The first-order valence-electron chi connectivity index (χ1n) is 8.63. The maximum Gasteiger partial charge on any atom is 0.246 e. The minimum absolute atomic E-state index is 0. The van der Waals surface area contributed by atoms with Gasteiger partial charge in [-0.25, -0.2) is 0 Å². The summed E-state index contributed by atoms with van der Waals surface area (Å²) < 4.78 is 0. The van der Waals surface area contributed by atoms with Crippen LogP contribution >= 0.6 is 24.0 Å². The van der Waals surface area contributed by atoms with Crippen LogP contribution in [0.2, 0.25) is 0 Å². The van der Waals surface area contributed by atoms with Crippen LogP contribution in [0.5, 0.6) is 0 Å². The molecule has 0 aromatic heterocycles. The molecule has 24 heavy (non-hydrogen) atoms. The van der Waals surface area contributed by atoms with Gasteiger partial charge in [0.15, 0.2) is 5.96 Å². The van der Waals surface area contributed by atoms with Crippen LogP contribution < -0.4 is 15.5 Å². The summed E-state index contributed by atoms with van der Waals surface area (Å²) >= 11 is 0. The molecule has 1 heterocycles. The molecule has 0 atom stereocenters. The molecule has 1 aromatic rings. The molecule has 0 unspecified atom stereocenters. The Morgan fingerprint density at radius 1 is 1.25 bits per heavy atom. The van der Waals surface area contributed by atoms with Gasteiger partial charge in [0.2, 0.25) is 5.91 Å². The maximum atomic E-state index is 12.6. The Balaban J connectivity index is 0.00000208. The minimum atomic E-state index is 0. The molecule has 1 amide bonds. The minimum Gasteiger partial charge on any atom is -0.354 e. The molecule has 6 heteroatoms. The fraction of sp³-hybridized carbons (Fsp3) is 0.556. The van der Waals surface area contributed by atoms with Gasteiger partial charge in [0.05, 0.1) is 6.54 Å². The normalized spacial score (nSPS) is 17.9. The van der Waals surface area contributed by atoms with E-state index in [-0.39, 0.29) is 36.4 Å². The van der Waals surface area contributed by atoms with Crippen LogP contribution in [-0.4, -0.2) is 38.0 Å². The van der Waals surface area contributed by atoms with Gasteiger partial charge in [-0.2, -0.15) is 0 Å². The monoisotopic (exact) mass is 442 g/mol. The third kappa shape index (κ3) is 4.62. The summed E-state index contributed by atoms with van der Waals surface area (Å²) in [5, 5.41) is 6.58. The Labute approximate surface area is 161 Å². The zero-order chi connectivity index (χ0) is 16.1. The molecule has 1 fully saturated rings. The van der Waals surface area contributed by atoms with Crippen LogP contribution in [0.4, 0.5) is 5.69 Å². The van der Waals surface area contributed by atoms with E-state index in [1.54, 1.807) is 7.05 Å². The van der Waals surface area contributed by atoms with Crippen LogP contribution in [0.25, 0.3) is 0 Å². The van der Waals surface area contributed by atoms with Gasteiger partial charge in [0.1, 0.15) is 0 Å². The Hall–Kier alpha value is -1.31. The quantitative estimate of drug-likeness (QED) is 0.430. The average molecular weight is 442 g/mol. The number of amides is 1. The van der Waals surface area contributed by atoms with Gasteiger partial charge in [-0.1, -0.05) is 31.0 Å². The molecule has 5 nitrogen and oxygen atoms in total. The molecule has 0 radical (unpaired) electrons. The zero-order valence-corrected chi connectivity index (χ0v) is 16.6. The summed E-state index contributed by atoms with van der Waals surface area (Å²) in [5.41, 5.74) is 2.32. The van der Waals surface area contributed by atoms with E-state index in [2.05, 4.69) is 21.7 Å². The molecule has 1 saturated carbocycles. The van der Waals surface area contributed by atoms with Crippen molar-refractivity contribution in [2.75, 3.05) is 25.0 Å². The van der Waals surface area contributed by atoms with Crippen molar-refractivity contribution in [3.63, 3.8) is 0 Å². The Morgan fingerprint density at radius 2 is 2.00 bits per heavy atom. The van der Waals surface area contributed by atoms with E-state index in [0.717, 1.165) is 31.0 Å². The van der Waals surface area contributed by atoms with Gasteiger partial charge in [0.25, 0.3) is 0 Å². The lowest BCUT2D eigenvalue weighted by atomic mass is 10.0. The largest absolute Gasteiger partial charge is 0.354 e. The predicted octanol–water partition coefficient (Wildman–Crippen LogP) is 2.69. The number of nitrogens with zero attached hydrogens (tertiary/aromatic N) is 2. The van der Waals surface area contributed by atoms with Crippen LogP contribution in [0.1, 0.15) is 37.7 Å². The summed E-state index contributed by atoms with van der Waals surface area (Å²) in [6.07, 6.45) is 7.01. The van der Waals surface area contributed by atoms with E-state index < -0.39 is 0 Å². The third-order valence-electron chi connectivity index (χ3n) is 4.74. The Morgan fingerprint density at radius 3 is 2.75 bits per heavy atom. The van der Waals surface area contributed by atoms with Crippen molar-refractivity contribution >= 4 is 41.5 Å². The van der Waals surface area contributed by atoms with Gasteiger partial charge in [-0.05, 0) is 37.3 Å². The summed E-state index contributed by atoms with van der Waals surface area (Å²) in [5.74, 6) is 0.835. The summed E-state index contributed by atoms with van der Waals surface area (Å²) in [4.78, 5) is 18.7. The van der Waals surface area contributed by atoms with E-state index in [1.807, 2.05) is 23.1 Å². The van der Waals surface area contributed by atoms with Crippen molar-refractivity contribution < 1.29 is 4.79 Å². The van der Waals surface area contributed by atoms with E-state index in [1.165, 1.54) is 31.2 Å². The maximum absolute atomic E-state index is 12.6. The second kappa shape index (κ2) is 9.25. The Bertz CT molecular complexity index is 584. The molecule has 0 saturated heterocycles. The third-order valence-corrected chi connectivity index (χ3v) is 4.74. The first kappa shape index (κ1) is 19.0. The number of aliphatic imine (C=N–C) groups is 1. The second-order valence-corrected chi connectivity index (χ2v) is 6.33. The number of rotatable bonds is 3. The van der Waals surface area contributed by atoms with E-state index >= 15 is 0 Å². The summed E-state index contributed by atoms with van der Waals surface area (Å²) in [7, 11) is 1.75. The fourth-order valence-corrected chi connectivity index (χ4v) is 3.51. The highest BCUT2D eigenvalue weighted by Crippen LogP contribution is 2.26. The number of carbonyl (C=O) groups excluding carboxylic acids is 1. The lowest BCUT2D eigenvalue weighted by molar-refractivity contribution is -0.117. The number of para-hydroxylation sites is 1. The number of carbonyl (C=O) groups is 1. The predicted molar refractivity (Wildman–Crippen MR) is 109 cm³/mol. The molecule has 2 aliphatic rings. The van der Waals surface area contributed by atoms with Crippen molar-refractivity contribution in [1.82, 2.24) is 10.6 Å². The highest BCUT2D eigenvalue weighted by molar-refractivity contribution is 14.0. The number of anilines is 1. The van der Waals surface area contributed by atoms with Gasteiger partial charge < -0.3 is 15.5 Å². The van der Waals surface area contributed by atoms with E-state index in [4.69, 9.17) is 0 Å². The molecule has 1 aromatic carbocycles. The highest BCUT2D eigenvalue weighted by atomic mass is 127. The van der Waals surface area contributed by atoms with Crippen molar-refractivity contribution in [2.45, 2.75) is 44.6 Å². The zero-order valence-electron chi connectivity index (χ0n) is 14.3. The van der Waals surface area contributed by atoms with E-state index in [0.29, 0.717) is 6.04 Å². The van der Waals surface area contributed by atoms with Gasteiger partial charge in [0, 0.05) is 25.3 Å². The average Bonchev–Trinajstić information content (AvgIpc) is 3.10. The number of nitrogens with one attached hydrogen (secondary N) is 2. The lowest BCUT2D eigenvalue weighted by Crippen LogP contribution is -2.48.